The van der Waals surface area contributed by atoms with E-state index in [1.54, 1.807) is 36.4 Å². The van der Waals surface area contributed by atoms with Gasteiger partial charge in [0.05, 0.1) is 21.5 Å². The summed E-state index contributed by atoms with van der Waals surface area (Å²) >= 11 is 12.7. The number of hydrogen-bond acceptors (Lipinski definition) is 3. The zero-order chi connectivity index (χ0) is 17.3. The lowest BCUT2D eigenvalue weighted by Gasteiger charge is -2.12. The number of benzene rings is 2. The summed E-state index contributed by atoms with van der Waals surface area (Å²) in [5, 5.41) is 0.421. The minimum absolute atomic E-state index is 0.101. The number of carbonyl (C=O) groups excluding carboxylic acids is 2. The Morgan fingerprint density at radius 1 is 1.04 bits per heavy atom. The molecule has 0 unspecified atom stereocenters. The molecule has 0 radical (unpaired) electrons. The van der Waals surface area contributed by atoms with Gasteiger partial charge in [0.15, 0.2) is 0 Å². The maximum absolute atomic E-state index is 12.9. The van der Waals surface area contributed by atoms with Crippen molar-refractivity contribution < 1.29 is 14.0 Å². The van der Waals surface area contributed by atoms with E-state index >= 15 is 0 Å². The minimum Gasteiger partial charge on any atom is -0.268 e. The van der Waals surface area contributed by atoms with E-state index in [1.807, 2.05) is 0 Å². The van der Waals surface area contributed by atoms with Crippen LogP contribution >= 0.6 is 35.0 Å². The summed E-state index contributed by atoms with van der Waals surface area (Å²) in [5.74, 6) is -0.757. The zero-order valence-corrected chi connectivity index (χ0v) is 14.5. The topological polar surface area (TPSA) is 37.4 Å². The molecule has 1 saturated heterocycles. The van der Waals surface area contributed by atoms with Crippen molar-refractivity contribution in [2.75, 3.05) is 0 Å². The van der Waals surface area contributed by atoms with E-state index in [-0.39, 0.29) is 23.5 Å². The molecule has 0 bridgehead atoms. The van der Waals surface area contributed by atoms with Crippen LogP contribution in [-0.4, -0.2) is 16.0 Å². The highest BCUT2D eigenvalue weighted by molar-refractivity contribution is 8.18. The van der Waals surface area contributed by atoms with Crippen LogP contribution < -0.4 is 0 Å². The Hall–Kier alpha value is -1.82. The molecule has 24 heavy (non-hydrogen) atoms. The van der Waals surface area contributed by atoms with Crippen LogP contribution in [-0.2, 0) is 11.3 Å². The summed E-state index contributed by atoms with van der Waals surface area (Å²) in [4.78, 5) is 25.9. The molecule has 0 atom stereocenters. The Morgan fingerprint density at radius 2 is 1.75 bits per heavy atom. The third-order valence-electron chi connectivity index (χ3n) is 3.37. The standard InChI is InChI=1S/C17H10Cl2FNO2S/c18-13-6-3-11(7-14(13)19)8-15-16(22)21(17(23)24-15)9-10-1-4-12(20)5-2-10/h1-8H,9H2/b15-8+. The molecule has 3 rings (SSSR count). The molecule has 7 heteroatoms. The molecule has 2 aromatic carbocycles. The first kappa shape index (κ1) is 17.0. The van der Waals surface area contributed by atoms with Crippen molar-refractivity contribution in [2.24, 2.45) is 0 Å². The van der Waals surface area contributed by atoms with Crippen molar-refractivity contribution in [3.63, 3.8) is 0 Å². The number of rotatable bonds is 3. The van der Waals surface area contributed by atoms with E-state index in [2.05, 4.69) is 0 Å². The maximum atomic E-state index is 12.9. The summed E-state index contributed by atoms with van der Waals surface area (Å²) in [6, 6.07) is 10.6. The van der Waals surface area contributed by atoms with Crippen molar-refractivity contribution in [1.82, 2.24) is 4.90 Å². The quantitative estimate of drug-likeness (QED) is 0.670. The van der Waals surface area contributed by atoms with Gasteiger partial charge in [-0.3, -0.25) is 14.5 Å². The van der Waals surface area contributed by atoms with E-state index in [0.717, 1.165) is 16.7 Å². The minimum atomic E-state index is -0.389. The molecule has 1 aliphatic rings. The molecule has 2 aromatic rings. The molecule has 122 valence electrons. The van der Waals surface area contributed by atoms with Crippen LogP contribution in [0.5, 0.6) is 0 Å². The Kier molecular flexibility index (Phi) is 4.94. The van der Waals surface area contributed by atoms with Crippen LogP contribution in [0.2, 0.25) is 10.0 Å². The SMILES string of the molecule is O=C1S/C(=C/c2ccc(Cl)c(Cl)c2)C(=O)N1Cc1ccc(F)cc1. The van der Waals surface area contributed by atoms with Crippen LogP contribution in [0.25, 0.3) is 6.08 Å². The van der Waals surface area contributed by atoms with Crippen molar-refractivity contribution in [2.45, 2.75) is 6.54 Å². The molecular weight excluding hydrogens is 372 g/mol. The molecular formula is C17H10Cl2FNO2S. The van der Waals surface area contributed by atoms with Crippen LogP contribution in [0.1, 0.15) is 11.1 Å². The van der Waals surface area contributed by atoms with Gasteiger partial charge in [0, 0.05) is 0 Å². The van der Waals surface area contributed by atoms with Gasteiger partial charge >= 0.3 is 0 Å². The van der Waals surface area contributed by atoms with Gasteiger partial charge in [-0.15, -0.1) is 0 Å². The van der Waals surface area contributed by atoms with Gasteiger partial charge in [-0.25, -0.2) is 4.39 Å². The van der Waals surface area contributed by atoms with Gasteiger partial charge in [0.2, 0.25) is 0 Å². The van der Waals surface area contributed by atoms with Crippen LogP contribution in [0, 0.1) is 5.82 Å². The third kappa shape index (κ3) is 3.64. The largest absolute Gasteiger partial charge is 0.293 e. The second-order valence-electron chi connectivity index (χ2n) is 5.07. The van der Waals surface area contributed by atoms with Crippen molar-refractivity contribution in [1.29, 1.82) is 0 Å². The van der Waals surface area contributed by atoms with Crippen molar-refractivity contribution in [3.05, 3.63) is 74.4 Å². The predicted molar refractivity (Wildman–Crippen MR) is 94.4 cm³/mol. The molecule has 0 saturated carbocycles. The van der Waals surface area contributed by atoms with E-state index in [4.69, 9.17) is 23.2 Å². The fourth-order valence-electron chi connectivity index (χ4n) is 2.16. The third-order valence-corrected chi connectivity index (χ3v) is 5.02. The fraction of sp³-hybridized carbons (Fsp3) is 0.0588. The van der Waals surface area contributed by atoms with Crippen molar-refractivity contribution in [3.8, 4) is 0 Å². The lowest BCUT2D eigenvalue weighted by atomic mass is 10.2. The van der Waals surface area contributed by atoms with E-state index in [0.29, 0.717) is 26.1 Å². The van der Waals surface area contributed by atoms with Crippen LogP contribution in [0.4, 0.5) is 9.18 Å². The number of carbonyl (C=O) groups is 2. The average Bonchev–Trinajstić information content (AvgIpc) is 2.80. The fourth-order valence-corrected chi connectivity index (χ4v) is 3.31. The highest BCUT2D eigenvalue weighted by Crippen LogP contribution is 2.34. The average molecular weight is 382 g/mol. The summed E-state index contributed by atoms with van der Waals surface area (Å²) in [5.41, 5.74) is 1.35. The molecule has 0 aliphatic carbocycles. The van der Waals surface area contributed by atoms with Gasteiger partial charge < -0.3 is 0 Å². The molecule has 0 aromatic heterocycles. The first-order chi connectivity index (χ1) is 11.4. The normalized spacial score (nSPS) is 16.3. The van der Waals surface area contributed by atoms with Crippen molar-refractivity contribution >= 4 is 52.2 Å². The molecule has 0 N–H and O–H groups in total. The van der Waals surface area contributed by atoms with Crippen LogP contribution in [0.15, 0.2) is 47.4 Å². The second kappa shape index (κ2) is 6.97. The first-order valence-corrected chi connectivity index (χ1v) is 8.46. The Balaban J connectivity index is 1.81. The maximum Gasteiger partial charge on any atom is 0.293 e. The molecule has 0 spiro atoms. The molecule has 1 aliphatic heterocycles. The molecule has 2 amide bonds. The monoisotopic (exact) mass is 381 g/mol. The lowest BCUT2D eigenvalue weighted by molar-refractivity contribution is -0.123. The number of imide groups is 1. The smallest absolute Gasteiger partial charge is 0.268 e. The van der Waals surface area contributed by atoms with Gasteiger partial charge in [0.25, 0.3) is 11.1 Å². The summed E-state index contributed by atoms with van der Waals surface area (Å²) in [7, 11) is 0. The molecule has 1 heterocycles. The number of amides is 2. The highest BCUT2D eigenvalue weighted by Gasteiger charge is 2.34. The second-order valence-corrected chi connectivity index (χ2v) is 6.88. The van der Waals surface area contributed by atoms with Gasteiger partial charge in [-0.2, -0.15) is 0 Å². The summed E-state index contributed by atoms with van der Waals surface area (Å²) in [6.07, 6.45) is 1.60. The van der Waals surface area contributed by atoms with Gasteiger partial charge in [0.1, 0.15) is 5.82 Å². The van der Waals surface area contributed by atoms with Gasteiger partial charge in [-0.05, 0) is 53.2 Å². The predicted octanol–water partition coefficient (Wildman–Crippen LogP) is 5.37. The van der Waals surface area contributed by atoms with E-state index < -0.39 is 0 Å². The number of hydrogen-bond donors (Lipinski definition) is 0. The lowest BCUT2D eigenvalue weighted by Crippen LogP contribution is -2.27. The zero-order valence-electron chi connectivity index (χ0n) is 12.1. The van der Waals surface area contributed by atoms with Gasteiger partial charge in [-0.1, -0.05) is 41.4 Å². The Morgan fingerprint density at radius 3 is 2.42 bits per heavy atom. The molecule has 1 fully saturated rings. The highest BCUT2D eigenvalue weighted by atomic mass is 35.5. The molecule has 3 nitrogen and oxygen atoms in total. The van der Waals surface area contributed by atoms with E-state index in [1.165, 1.54) is 12.1 Å². The Bertz CT molecular complexity index is 852. The number of thioether (sulfide) groups is 1. The van der Waals surface area contributed by atoms with Crippen LogP contribution in [0.3, 0.4) is 0 Å². The van der Waals surface area contributed by atoms with E-state index in [9.17, 15) is 14.0 Å². The Labute approximate surface area is 152 Å². The first-order valence-electron chi connectivity index (χ1n) is 6.89. The summed E-state index contributed by atoms with van der Waals surface area (Å²) < 4.78 is 12.9. The number of nitrogens with zero attached hydrogens (tertiary/aromatic N) is 1. The number of halogens is 3. The summed E-state index contributed by atoms with van der Waals surface area (Å²) in [6.45, 7) is 0.101.